The Bertz CT molecular complexity index is 734. The Kier molecular flexibility index (Phi) is 4.26. The van der Waals surface area contributed by atoms with Crippen molar-refractivity contribution >= 4 is 11.0 Å². The van der Waals surface area contributed by atoms with Crippen LogP contribution in [0.25, 0.3) is 11.0 Å². The lowest BCUT2D eigenvalue weighted by Crippen LogP contribution is -2.41. The molecule has 4 heteroatoms. The highest BCUT2D eigenvalue weighted by molar-refractivity contribution is 5.81. The van der Waals surface area contributed by atoms with E-state index in [2.05, 4.69) is 27.0 Å². The van der Waals surface area contributed by atoms with E-state index in [0.717, 1.165) is 37.1 Å². The first kappa shape index (κ1) is 15.8. The maximum Gasteiger partial charge on any atom is 0.137 e. The third kappa shape index (κ3) is 3.00. The molecule has 0 aromatic carbocycles. The monoisotopic (exact) mass is 339 g/mol. The minimum atomic E-state index is 0.233. The highest BCUT2D eigenvalue weighted by atomic mass is 16.5. The van der Waals surface area contributed by atoms with Crippen molar-refractivity contribution in [2.75, 3.05) is 19.7 Å². The van der Waals surface area contributed by atoms with Crippen molar-refractivity contribution in [1.29, 1.82) is 0 Å². The average molecular weight is 339 g/mol. The number of ether oxygens (including phenoxy) is 1. The van der Waals surface area contributed by atoms with Gasteiger partial charge in [0.2, 0.25) is 0 Å². The summed E-state index contributed by atoms with van der Waals surface area (Å²) >= 11 is 0. The Morgan fingerprint density at radius 2 is 2.04 bits per heavy atom. The number of rotatable bonds is 3. The summed E-state index contributed by atoms with van der Waals surface area (Å²) in [5.41, 5.74) is 3.75. The van der Waals surface area contributed by atoms with Crippen molar-refractivity contribution in [3.63, 3.8) is 0 Å². The molecule has 1 saturated carbocycles. The molecule has 0 amide bonds. The molecule has 3 atom stereocenters. The molecular formula is C21H29N3O. The average Bonchev–Trinajstić information content (AvgIpc) is 3.30. The number of nitrogens with one attached hydrogen (secondary N) is 1. The summed E-state index contributed by atoms with van der Waals surface area (Å²) in [6.45, 7) is 4.46. The van der Waals surface area contributed by atoms with Gasteiger partial charge in [-0.15, -0.1) is 0 Å². The molecule has 0 radical (unpaired) electrons. The van der Waals surface area contributed by atoms with Crippen molar-refractivity contribution in [3.8, 4) is 0 Å². The Hall–Kier alpha value is -1.39. The molecule has 0 bridgehead atoms. The summed E-state index contributed by atoms with van der Waals surface area (Å²) in [5, 5.41) is 1.29. The third-order valence-electron chi connectivity index (χ3n) is 6.72. The first-order valence-electron chi connectivity index (χ1n) is 10.2. The van der Waals surface area contributed by atoms with Crippen LogP contribution in [0, 0.1) is 11.8 Å². The van der Waals surface area contributed by atoms with Gasteiger partial charge < -0.3 is 9.72 Å². The van der Waals surface area contributed by atoms with Crippen molar-refractivity contribution in [2.24, 2.45) is 11.8 Å². The Morgan fingerprint density at radius 3 is 2.92 bits per heavy atom. The van der Waals surface area contributed by atoms with Crippen molar-refractivity contribution in [1.82, 2.24) is 14.9 Å². The van der Waals surface area contributed by atoms with Gasteiger partial charge in [0.1, 0.15) is 5.65 Å². The second kappa shape index (κ2) is 6.73. The normalized spacial score (nSPS) is 30.6. The van der Waals surface area contributed by atoms with Gasteiger partial charge >= 0.3 is 0 Å². The summed E-state index contributed by atoms with van der Waals surface area (Å²) in [6.07, 6.45) is 11.6. The van der Waals surface area contributed by atoms with Crippen LogP contribution in [0.5, 0.6) is 0 Å². The van der Waals surface area contributed by atoms with Gasteiger partial charge in [-0.25, -0.2) is 4.98 Å². The number of hydrogen-bond acceptors (Lipinski definition) is 3. The molecule has 2 saturated heterocycles. The van der Waals surface area contributed by atoms with Crippen LogP contribution in [0.4, 0.5) is 0 Å². The lowest BCUT2D eigenvalue weighted by Gasteiger charge is -2.41. The molecule has 1 N–H and O–H groups in total. The number of pyridine rings is 1. The van der Waals surface area contributed by atoms with E-state index in [9.17, 15) is 0 Å². The van der Waals surface area contributed by atoms with Crippen molar-refractivity contribution in [3.05, 3.63) is 29.6 Å². The zero-order valence-corrected chi connectivity index (χ0v) is 15.0. The number of aromatic amines is 1. The van der Waals surface area contributed by atoms with Gasteiger partial charge in [0.25, 0.3) is 0 Å². The number of hydrogen-bond donors (Lipinski definition) is 1. The van der Waals surface area contributed by atoms with E-state index in [1.165, 1.54) is 68.3 Å². The van der Waals surface area contributed by atoms with Crippen molar-refractivity contribution < 1.29 is 4.74 Å². The second-order valence-electron chi connectivity index (χ2n) is 8.25. The summed E-state index contributed by atoms with van der Waals surface area (Å²) in [7, 11) is 0. The molecule has 0 unspecified atom stereocenters. The molecule has 5 rings (SSSR count). The summed E-state index contributed by atoms with van der Waals surface area (Å²) in [5.74, 6) is 1.92. The number of nitrogens with zero attached hydrogens (tertiary/aromatic N) is 2. The molecule has 3 aliphatic rings. The first-order chi connectivity index (χ1) is 12.4. The van der Waals surface area contributed by atoms with Gasteiger partial charge in [-0.1, -0.05) is 19.3 Å². The number of fused-ring (bicyclic) bond motifs is 2. The zero-order valence-electron chi connectivity index (χ0n) is 15.0. The summed E-state index contributed by atoms with van der Waals surface area (Å²) in [6, 6.07) is 4.28. The van der Waals surface area contributed by atoms with Crippen molar-refractivity contribution in [2.45, 2.75) is 57.6 Å². The van der Waals surface area contributed by atoms with Gasteiger partial charge in [0.05, 0.1) is 11.8 Å². The fourth-order valence-electron chi connectivity index (χ4n) is 5.39. The van der Waals surface area contributed by atoms with Crippen LogP contribution in [0.15, 0.2) is 18.3 Å². The molecule has 4 heterocycles. The quantitative estimate of drug-likeness (QED) is 0.899. The van der Waals surface area contributed by atoms with Gasteiger partial charge in [0.15, 0.2) is 0 Å². The minimum absolute atomic E-state index is 0.233. The molecule has 25 heavy (non-hydrogen) atoms. The van der Waals surface area contributed by atoms with Gasteiger partial charge in [-0.05, 0) is 61.8 Å². The molecule has 1 aliphatic carbocycles. The van der Waals surface area contributed by atoms with E-state index in [1.54, 1.807) is 0 Å². The molecule has 3 fully saturated rings. The molecule has 2 aromatic heterocycles. The topological polar surface area (TPSA) is 41.1 Å². The van der Waals surface area contributed by atoms with Crippen LogP contribution in [0.2, 0.25) is 0 Å². The smallest absolute Gasteiger partial charge is 0.137 e. The van der Waals surface area contributed by atoms with E-state index in [4.69, 9.17) is 4.74 Å². The molecule has 0 spiro atoms. The minimum Gasteiger partial charge on any atom is -0.372 e. The highest BCUT2D eigenvalue weighted by Gasteiger charge is 2.32. The number of likely N-dealkylation sites (tertiary alicyclic amines) is 1. The number of H-pyrrole nitrogens is 1. The maximum absolute atomic E-state index is 6.01. The fraction of sp³-hybridized carbons (Fsp3) is 0.667. The van der Waals surface area contributed by atoms with Crippen LogP contribution in [0.1, 0.15) is 62.3 Å². The van der Waals surface area contributed by atoms with E-state index in [1.807, 2.05) is 6.20 Å². The zero-order chi connectivity index (χ0) is 16.6. The number of aromatic nitrogens is 2. The Labute approximate surface area is 150 Å². The molecule has 134 valence electrons. The molecule has 2 aromatic rings. The summed E-state index contributed by atoms with van der Waals surface area (Å²) < 4.78 is 6.01. The second-order valence-corrected chi connectivity index (χ2v) is 8.25. The SMILES string of the molecule is c1cnc2[nH]c([C@H]3CCCO3)c(CN3CC[C@@H]4CCCC[C@H]4C3)c2c1. The van der Waals surface area contributed by atoms with Crippen LogP contribution >= 0.6 is 0 Å². The van der Waals surface area contributed by atoms with E-state index < -0.39 is 0 Å². The molecule has 2 aliphatic heterocycles. The highest BCUT2D eigenvalue weighted by Crippen LogP contribution is 2.38. The lowest BCUT2D eigenvalue weighted by atomic mass is 9.75. The van der Waals surface area contributed by atoms with Gasteiger partial charge in [-0.2, -0.15) is 0 Å². The Balaban J connectivity index is 1.42. The predicted molar refractivity (Wildman–Crippen MR) is 99.4 cm³/mol. The first-order valence-corrected chi connectivity index (χ1v) is 10.2. The van der Waals surface area contributed by atoms with Gasteiger partial charge in [-0.3, -0.25) is 4.90 Å². The standard InChI is InChI=1S/C21H29N3O/c1-2-6-16-13-24(11-9-15(16)5-1)14-18-17-7-3-10-22-21(17)23-20(18)19-8-4-12-25-19/h3,7,10,15-16,19H,1-2,4-6,8-9,11-14H2,(H,22,23)/t15-,16-,19+/m0/s1. The van der Waals surface area contributed by atoms with Crippen LogP contribution in [-0.2, 0) is 11.3 Å². The number of piperidine rings is 1. The largest absolute Gasteiger partial charge is 0.372 e. The van der Waals surface area contributed by atoms with E-state index in [-0.39, 0.29) is 6.10 Å². The summed E-state index contributed by atoms with van der Waals surface area (Å²) in [4.78, 5) is 10.8. The van der Waals surface area contributed by atoms with Crippen LogP contribution < -0.4 is 0 Å². The Morgan fingerprint density at radius 1 is 1.12 bits per heavy atom. The van der Waals surface area contributed by atoms with Gasteiger partial charge in [0, 0.05) is 31.3 Å². The lowest BCUT2D eigenvalue weighted by molar-refractivity contribution is 0.0796. The predicted octanol–water partition coefficient (Wildman–Crippen LogP) is 4.43. The van der Waals surface area contributed by atoms with E-state index >= 15 is 0 Å². The fourth-order valence-corrected chi connectivity index (χ4v) is 5.39. The van der Waals surface area contributed by atoms with E-state index in [0.29, 0.717) is 0 Å². The molecular weight excluding hydrogens is 310 g/mol. The molecule has 4 nitrogen and oxygen atoms in total. The van der Waals surface area contributed by atoms with Crippen LogP contribution in [-0.4, -0.2) is 34.6 Å². The van der Waals surface area contributed by atoms with Crippen LogP contribution in [0.3, 0.4) is 0 Å². The third-order valence-corrected chi connectivity index (χ3v) is 6.72. The maximum atomic E-state index is 6.01.